The van der Waals surface area contributed by atoms with Crippen LogP contribution >= 0.6 is 0 Å². The molecule has 0 saturated heterocycles. The molecule has 0 heterocycles. The van der Waals surface area contributed by atoms with Gasteiger partial charge in [-0.3, -0.25) is 9.59 Å². The highest BCUT2D eigenvalue weighted by Gasteiger charge is 2.29. The first kappa shape index (κ1) is 12.6. The summed E-state index contributed by atoms with van der Waals surface area (Å²) >= 11 is 0. The highest BCUT2D eigenvalue weighted by molar-refractivity contribution is 6.02. The van der Waals surface area contributed by atoms with Crippen LogP contribution in [0.15, 0.2) is 24.3 Å². The van der Waals surface area contributed by atoms with Crippen molar-refractivity contribution >= 4 is 11.6 Å². The van der Waals surface area contributed by atoms with E-state index in [9.17, 15) is 9.59 Å². The zero-order chi connectivity index (χ0) is 12.3. The Hall–Kier alpha value is -1.44. The van der Waals surface area contributed by atoms with Gasteiger partial charge in [0.25, 0.3) is 0 Å². The van der Waals surface area contributed by atoms with Crippen molar-refractivity contribution in [3.63, 3.8) is 0 Å². The van der Waals surface area contributed by atoms with Gasteiger partial charge >= 0.3 is 0 Å². The largest absolute Gasteiger partial charge is 0.300 e. The summed E-state index contributed by atoms with van der Waals surface area (Å²) in [5.41, 5.74) is 1.19. The summed E-state index contributed by atoms with van der Waals surface area (Å²) in [6.45, 7) is 7.13. The van der Waals surface area contributed by atoms with E-state index in [1.807, 2.05) is 45.0 Å². The molecule has 0 atom stereocenters. The van der Waals surface area contributed by atoms with Crippen molar-refractivity contribution in [3.05, 3.63) is 35.4 Å². The molecule has 0 saturated carbocycles. The molecule has 0 radical (unpaired) electrons. The first-order valence-corrected chi connectivity index (χ1v) is 5.44. The summed E-state index contributed by atoms with van der Waals surface area (Å²) < 4.78 is 0. The van der Waals surface area contributed by atoms with Crippen molar-refractivity contribution in [2.24, 2.45) is 5.41 Å². The fourth-order valence-corrected chi connectivity index (χ4v) is 1.80. The monoisotopic (exact) mass is 218 g/mol. The van der Waals surface area contributed by atoms with E-state index in [0.29, 0.717) is 12.0 Å². The molecule has 0 fully saturated rings. The number of carbonyl (C=O) groups excluding carboxylic acids is 2. The van der Waals surface area contributed by atoms with Crippen LogP contribution in [-0.2, 0) is 4.79 Å². The maximum atomic E-state index is 12.2. The summed E-state index contributed by atoms with van der Waals surface area (Å²) in [6.07, 6.45) is 0.291. The maximum Gasteiger partial charge on any atom is 0.168 e. The first-order valence-electron chi connectivity index (χ1n) is 5.44. The van der Waals surface area contributed by atoms with E-state index < -0.39 is 5.41 Å². The van der Waals surface area contributed by atoms with Crippen molar-refractivity contribution in [1.82, 2.24) is 0 Å². The summed E-state index contributed by atoms with van der Waals surface area (Å²) in [7, 11) is 0. The Morgan fingerprint density at radius 3 is 2.06 bits per heavy atom. The van der Waals surface area contributed by atoms with E-state index in [0.717, 1.165) is 5.56 Å². The Bertz CT molecular complexity index is 399. The predicted octanol–water partition coefficient (Wildman–Crippen LogP) is 3.18. The van der Waals surface area contributed by atoms with E-state index in [1.54, 1.807) is 0 Å². The number of Topliss-reactive ketones (excluding diaryl/α,β-unsaturated/α-hetero) is 2. The summed E-state index contributed by atoms with van der Waals surface area (Å²) in [6, 6.07) is 7.47. The summed E-state index contributed by atoms with van der Waals surface area (Å²) in [4.78, 5) is 23.3. The predicted molar refractivity (Wildman–Crippen MR) is 64.6 cm³/mol. The highest BCUT2D eigenvalue weighted by Crippen LogP contribution is 2.26. The lowest BCUT2D eigenvalue weighted by Gasteiger charge is -2.21. The molecule has 2 nitrogen and oxygen atoms in total. The van der Waals surface area contributed by atoms with Crippen LogP contribution in [0, 0.1) is 12.3 Å². The second kappa shape index (κ2) is 4.60. The number of carbonyl (C=O) groups is 2. The van der Waals surface area contributed by atoms with Crippen LogP contribution < -0.4 is 0 Å². The molecule has 1 rings (SSSR count). The molecule has 0 bridgehead atoms. The lowest BCUT2D eigenvalue weighted by Crippen LogP contribution is -2.26. The van der Waals surface area contributed by atoms with Crippen molar-refractivity contribution < 1.29 is 9.59 Å². The molecular weight excluding hydrogens is 200 g/mol. The molecule has 0 amide bonds. The number of aryl methyl sites for hydroxylation is 1. The quantitative estimate of drug-likeness (QED) is 0.727. The van der Waals surface area contributed by atoms with Crippen molar-refractivity contribution in [2.75, 3.05) is 0 Å². The summed E-state index contributed by atoms with van der Waals surface area (Å²) in [5.74, 6) is 0.0770. The second-order valence-corrected chi connectivity index (χ2v) is 4.96. The number of hydrogen-bond donors (Lipinski definition) is 0. The maximum absolute atomic E-state index is 12.2. The van der Waals surface area contributed by atoms with Gasteiger partial charge in [-0.05, 0) is 13.8 Å². The summed E-state index contributed by atoms with van der Waals surface area (Å²) in [5, 5.41) is 0. The van der Waals surface area contributed by atoms with Crippen LogP contribution in [0.4, 0.5) is 0 Å². The Morgan fingerprint density at radius 1 is 1.12 bits per heavy atom. The SMILES string of the molecule is CC(=O)CC(C)(C)C(=O)c1ccc(C)cc1. The molecule has 0 aliphatic carbocycles. The Balaban J connectivity index is 2.93. The van der Waals surface area contributed by atoms with Crippen LogP contribution in [0.3, 0.4) is 0 Å². The molecular formula is C14H18O2. The van der Waals surface area contributed by atoms with Crippen LogP contribution in [0.25, 0.3) is 0 Å². The number of benzene rings is 1. The minimum absolute atomic E-state index is 0.0303. The third kappa shape index (κ3) is 3.02. The zero-order valence-corrected chi connectivity index (χ0v) is 10.3. The third-order valence-electron chi connectivity index (χ3n) is 2.62. The molecule has 1 aromatic rings. The Labute approximate surface area is 96.7 Å². The molecule has 2 heteroatoms. The van der Waals surface area contributed by atoms with Crippen LogP contribution in [-0.4, -0.2) is 11.6 Å². The van der Waals surface area contributed by atoms with E-state index >= 15 is 0 Å². The molecule has 86 valence electrons. The second-order valence-electron chi connectivity index (χ2n) is 4.96. The molecule has 0 N–H and O–H groups in total. The zero-order valence-electron chi connectivity index (χ0n) is 10.3. The molecule has 16 heavy (non-hydrogen) atoms. The van der Waals surface area contributed by atoms with Crippen LogP contribution in [0.1, 0.15) is 43.1 Å². The normalized spacial score (nSPS) is 11.2. The van der Waals surface area contributed by atoms with Crippen LogP contribution in [0.2, 0.25) is 0 Å². The highest BCUT2D eigenvalue weighted by atomic mass is 16.1. The van der Waals surface area contributed by atoms with E-state index in [1.165, 1.54) is 6.92 Å². The Morgan fingerprint density at radius 2 is 1.62 bits per heavy atom. The minimum Gasteiger partial charge on any atom is -0.300 e. The molecule has 0 spiro atoms. The lowest BCUT2D eigenvalue weighted by molar-refractivity contribution is -0.118. The fraction of sp³-hybridized carbons (Fsp3) is 0.429. The average molecular weight is 218 g/mol. The third-order valence-corrected chi connectivity index (χ3v) is 2.62. The van der Waals surface area contributed by atoms with Gasteiger partial charge in [0.05, 0.1) is 0 Å². The van der Waals surface area contributed by atoms with E-state index in [2.05, 4.69) is 0 Å². The number of ketones is 2. The van der Waals surface area contributed by atoms with Crippen molar-refractivity contribution in [3.8, 4) is 0 Å². The van der Waals surface area contributed by atoms with Crippen molar-refractivity contribution in [1.29, 1.82) is 0 Å². The smallest absolute Gasteiger partial charge is 0.168 e. The number of rotatable bonds is 4. The van der Waals surface area contributed by atoms with Crippen LogP contribution in [0.5, 0.6) is 0 Å². The number of hydrogen-bond acceptors (Lipinski definition) is 2. The van der Waals surface area contributed by atoms with Crippen molar-refractivity contribution in [2.45, 2.75) is 34.1 Å². The molecule has 0 aliphatic heterocycles. The van der Waals surface area contributed by atoms with Gasteiger partial charge in [0.1, 0.15) is 5.78 Å². The van der Waals surface area contributed by atoms with Gasteiger partial charge in [-0.25, -0.2) is 0 Å². The van der Waals surface area contributed by atoms with E-state index in [-0.39, 0.29) is 11.6 Å². The van der Waals surface area contributed by atoms with Gasteiger partial charge in [0.15, 0.2) is 5.78 Å². The van der Waals surface area contributed by atoms with Gasteiger partial charge in [0.2, 0.25) is 0 Å². The van der Waals surface area contributed by atoms with E-state index in [4.69, 9.17) is 0 Å². The topological polar surface area (TPSA) is 34.1 Å². The Kier molecular flexibility index (Phi) is 3.63. The van der Waals surface area contributed by atoms with Gasteiger partial charge in [-0.1, -0.05) is 43.7 Å². The molecule has 0 aliphatic rings. The molecule has 0 unspecified atom stereocenters. The fourth-order valence-electron chi connectivity index (χ4n) is 1.80. The standard InChI is InChI=1S/C14H18O2/c1-10-5-7-12(8-6-10)13(16)14(3,4)9-11(2)15/h5-8H,9H2,1-4H3. The minimum atomic E-state index is -0.610. The molecule has 0 aromatic heterocycles. The molecule has 1 aromatic carbocycles. The van der Waals surface area contributed by atoms with Gasteiger partial charge < -0.3 is 0 Å². The first-order chi connectivity index (χ1) is 7.33. The lowest BCUT2D eigenvalue weighted by atomic mass is 9.80. The van der Waals surface area contributed by atoms with Gasteiger partial charge in [-0.2, -0.15) is 0 Å². The van der Waals surface area contributed by atoms with Gasteiger partial charge in [-0.15, -0.1) is 0 Å². The van der Waals surface area contributed by atoms with Gasteiger partial charge in [0, 0.05) is 17.4 Å². The average Bonchev–Trinajstić information content (AvgIpc) is 2.16.